The number of carboxylic acids is 1. The van der Waals surface area contributed by atoms with Gasteiger partial charge in [-0.25, -0.2) is 9.78 Å². The SMILES string of the molecule is CCOc1cc(C)nc(Nc2ccc(C(=O)O)cc2)n1. The van der Waals surface area contributed by atoms with E-state index in [0.29, 0.717) is 24.1 Å². The average molecular weight is 273 g/mol. The van der Waals surface area contributed by atoms with Gasteiger partial charge in [0.05, 0.1) is 12.2 Å². The molecule has 20 heavy (non-hydrogen) atoms. The van der Waals surface area contributed by atoms with Crippen molar-refractivity contribution in [1.29, 1.82) is 0 Å². The largest absolute Gasteiger partial charge is 0.478 e. The van der Waals surface area contributed by atoms with Gasteiger partial charge in [0.15, 0.2) is 0 Å². The number of ether oxygens (including phenoxy) is 1. The topological polar surface area (TPSA) is 84.3 Å². The summed E-state index contributed by atoms with van der Waals surface area (Å²) >= 11 is 0. The second kappa shape index (κ2) is 6.01. The molecule has 2 rings (SSSR count). The molecule has 0 saturated heterocycles. The minimum absolute atomic E-state index is 0.232. The van der Waals surface area contributed by atoms with Crippen LogP contribution in [0.4, 0.5) is 11.6 Å². The molecule has 0 saturated carbocycles. The molecule has 0 aliphatic heterocycles. The highest BCUT2D eigenvalue weighted by atomic mass is 16.5. The van der Waals surface area contributed by atoms with Crippen LogP contribution in [0.3, 0.4) is 0 Å². The summed E-state index contributed by atoms with van der Waals surface area (Å²) in [5, 5.41) is 11.9. The van der Waals surface area contributed by atoms with Crippen molar-refractivity contribution in [3.8, 4) is 5.88 Å². The Bertz CT molecular complexity index is 612. The molecule has 1 heterocycles. The van der Waals surface area contributed by atoms with E-state index in [1.165, 1.54) is 12.1 Å². The van der Waals surface area contributed by atoms with Crippen molar-refractivity contribution in [2.75, 3.05) is 11.9 Å². The molecule has 1 aromatic carbocycles. The summed E-state index contributed by atoms with van der Waals surface area (Å²) < 4.78 is 5.35. The molecule has 0 amide bonds. The van der Waals surface area contributed by atoms with E-state index in [9.17, 15) is 4.79 Å². The zero-order valence-corrected chi connectivity index (χ0v) is 11.3. The van der Waals surface area contributed by atoms with Crippen LogP contribution in [-0.2, 0) is 0 Å². The fourth-order valence-corrected chi connectivity index (χ4v) is 1.64. The fraction of sp³-hybridized carbons (Fsp3) is 0.214. The van der Waals surface area contributed by atoms with Crippen LogP contribution in [0.1, 0.15) is 23.0 Å². The first-order valence-corrected chi connectivity index (χ1v) is 6.17. The predicted octanol–water partition coefficient (Wildman–Crippen LogP) is 2.63. The van der Waals surface area contributed by atoms with Crippen molar-refractivity contribution >= 4 is 17.6 Å². The normalized spacial score (nSPS) is 10.1. The molecule has 104 valence electrons. The average Bonchev–Trinajstić information content (AvgIpc) is 2.39. The maximum absolute atomic E-state index is 10.8. The Morgan fingerprint density at radius 1 is 1.30 bits per heavy atom. The number of aromatic nitrogens is 2. The Morgan fingerprint density at radius 2 is 2.00 bits per heavy atom. The molecule has 0 aliphatic carbocycles. The summed E-state index contributed by atoms with van der Waals surface area (Å²) in [7, 11) is 0. The predicted molar refractivity (Wildman–Crippen MR) is 74.6 cm³/mol. The van der Waals surface area contributed by atoms with E-state index in [2.05, 4.69) is 15.3 Å². The van der Waals surface area contributed by atoms with Crippen LogP contribution in [-0.4, -0.2) is 27.7 Å². The molecule has 6 heteroatoms. The molecule has 0 unspecified atom stereocenters. The van der Waals surface area contributed by atoms with Gasteiger partial charge in [0, 0.05) is 17.4 Å². The number of nitrogens with zero attached hydrogens (tertiary/aromatic N) is 2. The zero-order chi connectivity index (χ0) is 14.5. The van der Waals surface area contributed by atoms with E-state index in [1.807, 2.05) is 13.8 Å². The van der Waals surface area contributed by atoms with Gasteiger partial charge in [-0.1, -0.05) is 0 Å². The van der Waals surface area contributed by atoms with Gasteiger partial charge in [0.25, 0.3) is 0 Å². The second-order valence-electron chi connectivity index (χ2n) is 4.11. The first-order valence-electron chi connectivity index (χ1n) is 6.17. The van der Waals surface area contributed by atoms with Gasteiger partial charge in [-0.05, 0) is 38.1 Å². The number of aryl methyl sites for hydroxylation is 1. The number of rotatable bonds is 5. The van der Waals surface area contributed by atoms with E-state index in [4.69, 9.17) is 9.84 Å². The standard InChI is InChI=1S/C14H15N3O3/c1-3-20-12-8-9(2)15-14(17-12)16-11-6-4-10(5-7-11)13(18)19/h4-8H,3H2,1-2H3,(H,18,19)(H,15,16,17). The monoisotopic (exact) mass is 273 g/mol. The molecule has 2 N–H and O–H groups in total. The molecule has 0 radical (unpaired) electrons. The van der Waals surface area contributed by atoms with Crippen LogP contribution in [0.5, 0.6) is 5.88 Å². The molecule has 0 spiro atoms. The van der Waals surface area contributed by atoms with Gasteiger partial charge >= 0.3 is 5.97 Å². The van der Waals surface area contributed by atoms with E-state index < -0.39 is 5.97 Å². The molecule has 1 aromatic heterocycles. The lowest BCUT2D eigenvalue weighted by Gasteiger charge is -2.08. The molecule has 0 aliphatic rings. The maximum atomic E-state index is 10.8. The molecular weight excluding hydrogens is 258 g/mol. The van der Waals surface area contributed by atoms with Crippen LogP contribution in [0.15, 0.2) is 30.3 Å². The van der Waals surface area contributed by atoms with Crippen LogP contribution in [0.25, 0.3) is 0 Å². The maximum Gasteiger partial charge on any atom is 0.335 e. The Kier molecular flexibility index (Phi) is 4.14. The Balaban J connectivity index is 2.18. The van der Waals surface area contributed by atoms with Gasteiger partial charge in [-0.15, -0.1) is 0 Å². The number of aromatic carboxylic acids is 1. The molecule has 6 nitrogen and oxygen atoms in total. The highest BCUT2D eigenvalue weighted by Gasteiger charge is 2.05. The Labute approximate surface area is 116 Å². The lowest BCUT2D eigenvalue weighted by Crippen LogP contribution is -2.02. The van der Waals surface area contributed by atoms with E-state index >= 15 is 0 Å². The van der Waals surface area contributed by atoms with Gasteiger partial charge < -0.3 is 15.2 Å². The van der Waals surface area contributed by atoms with Crippen molar-refractivity contribution in [2.24, 2.45) is 0 Å². The summed E-state index contributed by atoms with van der Waals surface area (Å²) in [5.41, 5.74) is 1.73. The Hall–Kier alpha value is -2.63. The quantitative estimate of drug-likeness (QED) is 0.871. The lowest BCUT2D eigenvalue weighted by atomic mass is 10.2. The van der Waals surface area contributed by atoms with Gasteiger partial charge in [-0.3, -0.25) is 0 Å². The lowest BCUT2D eigenvalue weighted by molar-refractivity contribution is 0.0697. The number of nitrogens with one attached hydrogen (secondary N) is 1. The van der Waals surface area contributed by atoms with Gasteiger partial charge in [-0.2, -0.15) is 4.98 Å². The third-order valence-corrected chi connectivity index (χ3v) is 2.51. The first-order chi connectivity index (χ1) is 9.58. The summed E-state index contributed by atoms with van der Waals surface area (Å²) in [5.74, 6) is -0.0387. The molecule has 0 atom stereocenters. The molecule has 0 bridgehead atoms. The van der Waals surface area contributed by atoms with Gasteiger partial charge in [0.1, 0.15) is 0 Å². The van der Waals surface area contributed by atoms with Crippen molar-refractivity contribution < 1.29 is 14.6 Å². The Morgan fingerprint density at radius 3 is 2.60 bits per heavy atom. The highest BCUT2D eigenvalue weighted by Crippen LogP contribution is 2.17. The van der Waals surface area contributed by atoms with Crippen LogP contribution >= 0.6 is 0 Å². The van der Waals surface area contributed by atoms with E-state index in [0.717, 1.165) is 5.69 Å². The summed E-state index contributed by atoms with van der Waals surface area (Å²) in [4.78, 5) is 19.2. The summed E-state index contributed by atoms with van der Waals surface area (Å²) in [6.45, 7) is 4.27. The van der Waals surface area contributed by atoms with Crippen molar-refractivity contribution in [2.45, 2.75) is 13.8 Å². The summed E-state index contributed by atoms with van der Waals surface area (Å²) in [6, 6.07) is 8.11. The fourth-order valence-electron chi connectivity index (χ4n) is 1.64. The number of carboxylic acid groups (broad SMARTS) is 1. The van der Waals surface area contributed by atoms with Crippen LogP contribution < -0.4 is 10.1 Å². The minimum Gasteiger partial charge on any atom is -0.478 e. The molecule has 2 aromatic rings. The van der Waals surface area contributed by atoms with Crippen molar-refractivity contribution in [3.63, 3.8) is 0 Å². The highest BCUT2D eigenvalue weighted by molar-refractivity contribution is 5.88. The first kappa shape index (κ1) is 13.8. The minimum atomic E-state index is -0.956. The van der Waals surface area contributed by atoms with Crippen molar-refractivity contribution in [1.82, 2.24) is 9.97 Å². The smallest absolute Gasteiger partial charge is 0.335 e. The van der Waals surface area contributed by atoms with Crippen molar-refractivity contribution in [3.05, 3.63) is 41.6 Å². The summed E-state index contributed by atoms with van der Waals surface area (Å²) in [6.07, 6.45) is 0. The second-order valence-corrected chi connectivity index (χ2v) is 4.11. The molecule has 0 fully saturated rings. The van der Waals surface area contributed by atoms with Gasteiger partial charge in [0.2, 0.25) is 11.8 Å². The van der Waals surface area contributed by atoms with Crippen LogP contribution in [0.2, 0.25) is 0 Å². The number of benzene rings is 1. The zero-order valence-electron chi connectivity index (χ0n) is 11.3. The number of hydrogen-bond acceptors (Lipinski definition) is 5. The van der Waals surface area contributed by atoms with E-state index in [1.54, 1.807) is 18.2 Å². The van der Waals surface area contributed by atoms with Crippen LogP contribution in [0, 0.1) is 6.92 Å². The molecular formula is C14H15N3O3. The number of carbonyl (C=O) groups is 1. The third kappa shape index (κ3) is 3.44. The number of hydrogen-bond donors (Lipinski definition) is 2. The number of anilines is 2. The van der Waals surface area contributed by atoms with E-state index in [-0.39, 0.29) is 5.56 Å². The third-order valence-electron chi connectivity index (χ3n) is 2.51.